The molecule has 1 fully saturated rings. The second-order valence-corrected chi connectivity index (χ2v) is 9.14. The summed E-state index contributed by atoms with van der Waals surface area (Å²) in [5.74, 6) is 2.39. The number of anilines is 1. The highest BCUT2D eigenvalue weighted by atomic mass is 16.3. The van der Waals surface area contributed by atoms with Crippen LogP contribution in [0.1, 0.15) is 87.1 Å². The van der Waals surface area contributed by atoms with Gasteiger partial charge in [0.05, 0.1) is 0 Å². The minimum Gasteiger partial charge on any atom is -0.396 e. The normalized spacial score (nSPS) is 14.9. The van der Waals surface area contributed by atoms with Crippen molar-refractivity contribution in [1.82, 2.24) is 14.8 Å². The predicted molar refractivity (Wildman–Crippen MR) is 120 cm³/mol. The van der Waals surface area contributed by atoms with Gasteiger partial charge in [0.15, 0.2) is 0 Å². The molecule has 0 saturated heterocycles. The van der Waals surface area contributed by atoms with E-state index in [0.29, 0.717) is 24.8 Å². The molecule has 2 N–H and O–H groups in total. The summed E-state index contributed by atoms with van der Waals surface area (Å²) in [6, 6.07) is 6.46. The van der Waals surface area contributed by atoms with E-state index >= 15 is 0 Å². The largest absolute Gasteiger partial charge is 0.396 e. The van der Waals surface area contributed by atoms with Crippen molar-refractivity contribution < 1.29 is 9.90 Å². The Balaban J connectivity index is 1.73. The van der Waals surface area contributed by atoms with Crippen LogP contribution in [0.15, 0.2) is 18.2 Å². The molecule has 6 nitrogen and oxygen atoms in total. The van der Waals surface area contributed by atoms with Gasteiger partial charge in [-0.1, -0.05) is 38.0 Å². The van der Waals surface area contributed by atoms with Crippen LogP contribution in [0.25, 0.3) is 0 Å². The first-order valence-corrected chi connectivity index (χ1v) is 11.3. The molecule has 2 aromatic rings. The van der Waals surface area contributed by atoms with Crippen LogP contribution in [0.5, 0.6) is 0 Å². The van der Waals surface area contributed by atoms with Gasteiger partial charge in [-0.25, -0.2) is 0 Å². The van der Waals surface area contributed by atoms with Crippen LogP contribution in [0.4, 0.5) is 5.69 Å². The van der Waals surface area contributed by atoms with Gasteiger partial charge in [-0.05, 0) is 57.1 Å². The van der Waals surface area contributed by atoms with Crippen LogP contribution in [-0.4, -0.2) is 32.4 Å². The monoisotopic (exact) mass is 412 g/mol. The molecule has 1 aromatic carbocycles. The van der Waals surface area contributed by atoms with Crippen molar-refractivity contribution in [1.29, 1.82) is 0 Å². The standard InChI is InChI=1S/C24H36N4O2/c1-16(2)6-5-7-22-26-27-24(28(22)20-9-10-20)19(12-13-29)15-23(30)25-21-11-8-17(3)14-18(21)4/h8,11,14,16,19-20,29H,5-7,9-10,12-13,15H2,1-4H3,(H,25,30). The summed E-state index contributed by atoms with van der Waals surface area (Å²) in [5.41, 5.74) is 3.06. The summed E-state index contributed by atoms with van der Waals surface area (Å²) >= 11 is 0. The Bertz CT molecular complexity index is 855. The third kappa shape index (κ3) is 5.91. The Morgan fingerprint density at radius 3 is 2.63 bits per heavy atom. The van der Waals surface area contributed by atoms with Crippen molar-refractivity contribution in [3.8, 4) is 0 Å². The average Bonchev–Trinajstić information content (AvgIpc) is 3.43. The molecule has 0 bridgehead atoms. The summed E-state index contributed by atoms with van der Waals surface area (Å²) in [4.78, 5) is 12.8. The second kappa shape index (κ2) is 10.2. The van der Waals surface area contributed by atoms with Gasteiger partial charge < -0.3 is 15.0 Å². The zero-order valence-electron chi connectivity index (χ0n) is 18.8. The maximum Gasteiger partial charge on any atom is 0.225 e. The van der Waals surface area contributed by atoms with Crippen molar-refractivity contribution in [3.63, 3.8) is 0 Å². The minimum absolute atomic E-state index is 0.0295. The number of carbonyl (C=O) groups is 1. The average molecular weight is 413 g/mol. The Morgan fingerprint density at radius 2 is 2.00 bits per heavy atom. The van der Waals surface area contributed by atoms with Crippen LogP contribution in [0, 0.1) is 19.8 Å². The van der Waals surface area contributed by atoms with Crippen molar-refractivity contribution in [2.24, 2.45) is 5.92 Å². The van der Waals surface area contributed by atoms with Crippen LogP contribution < -0.4 is 5.32 Å². The molecule has 1 aliphatic rings. The number of hydrogen-bond donors (Lipinski definition) is 2. The molecule has 1 aliphatic carbocycles. The lowest BCUT2D eigenvalue weighted by Gasteiger charge is -2.18. The van der Waals surface area contributed by atoms with E-state index in [4.69, 9.17) is 0 Å². The molecule has 1 amide bonds. The van der Waals surface area contributed by atoms with E-state index < -0.39 is 0 Å². The second-order valence-electron chi connectivity index (χ2n) is 9.14. The summed E-state index contributed by atoms with van der Waals surface area (Å²) in [6.07, 6.45) is 6.28. The van der Waals surface area contributed by atoms with Crippen LogP contribution in [-0.2, 0) is 11.2 Å². The molecule has 0 aliphatic heterocycles. The molecule has 0 spiro atoms. The summed E-state index contributed by atoms with van der Waals surface area (Å²) in [7, 11) is 0. The molecule has 30 heavy (non-hydrogen) atoms. The molecule has 1 unspecified atom stereocenters. The Hall–Kier alpha value is -2.21. The maximum absolute atomic E-state index is 12.8. The highest BCUT2D eigenvalue weighted by Gasteiger charge is 2.32. The number of aliphatic hydroxyl groups is 1. The first-order valence-electron chi connectivity index (χ1n) is 11.3. The summed E-state index contributed by atoms with van der Waals surface area (Å²) in [6.45, 7) is 8.55. The van der Waals surface area contributed by atoms with Crippen molar-refractivity contribution >= 4 is 11.6 Å². The fourth-order valence-corrected chi connectivity index (χ4v) is 4.04. The lowest BCUT2D eigenvalue weighted by Crippen LogP contribution is -2.20. The van der Waals surface area contributed by atoms with Crippen LogP contribution >= 0.6 is 0 Å². The number of aromatic nitrogens is 3. The van der Waals surface area contributed by atoms with E-state index in [2.05, 4.69) is 40.0 Å². The highest BCUT2D eigenvalue weighted by Crippen LogP contribution is 2.39. The summed E-state index contributed by atoms with van der Waals surface area (Å²) in [5, 5.41) is 21.7. The van der Waals surface area contributed by atoms with E-state index in [-0.39, 0.29) is 18.4 Å². The Labute approximate surface area is 180 Å². The third-order valence-corrected chi connectivity index (χ3v) is 5.82. The van der Waals surface area contributed by atoms with Crippen molar-refractivity contribution in [3.05, 3.63) is 41.0 Å². The molecular formula is C24H36N4O2. The SMILES string of the molecule is Cc1ccc(NC(=O)CC(CCO)c2nnc(CCCC(C)C)n2C2CC2)c(C)c1. The van der Waals surface area contributed by atoms with E-state index in [1.165, 1.54) is 12.0 Å². The molecule has 1 atom stereocenters. The van der Waals surface area contributed by atoms with E-state index in [1.54, 1.807) is 0 Å². The van der Waals surface area contributed by atoms with Gasteiger partial charge in [0.25, 0.3) is 0 Å². The molecule has 3 rings (SSSR count). The zero-order valence-corrected chi connectivity index (χ0v) is 18.8. The number of aliphatic hydroxyl groups excluding tert-OH is 1. The number of aryl methyl sites for hydroxylation is 3. The zero-order chi connectivity index (χ0) is 21.7. The van der Waals surface area contributed by atoms with Gasteiger partial charge in [-0.2, -0.15) is 0 Å². The fraction of sp³-hybridized carbons (Fsp3) is 0.625. The van der Waals surface area contributed by atoms with E-state index in [9.17, 15) is 9.90 Å². The Kier molecular flexibility index (Phi) is 7.64. The number of nitrogens with one attached hydrogen (secondary N) is 1. The van der Waals surface area contributed by atoms with Crippen molar-refractivity contribution in [2.75, 3.05) is 11.9 Å². The maximum atomic E-state index is 12.8. The van der Waals surface area contributed by atoms with Gasteiger partial charge in [-0.15, -0.1) is 10.2 Å². The molecule has 6 heteroatoms. The van der Waals surface area contributed by atoms with Crippen molar-refractivity contribution in [2.45, 2.75) is 84.6 Å². The first-order chi connectivity index (χ1) is 14.4. The van der Waals surface area contributed by atoms with Gasteiger partial charge >= 0.3 is 0 Å². The molecule has 1 saturated carbocycles. The lowest BCUT2D eigenvalue weighted by molar-refractivity contribution is -0.116. The lowest BCUT2D eigenvalue weighted by atomic mass is 9.99. The van der Waals surface area contributed by atoms with Gasteiger partial charge in [-0.3, -0.25) is 4.79 Å². The number of rotatable bonds is 11. The molecule has 0 radical (unpaired) electrons. The van der Waals surface area contributed by atoms with Crippen LogP contribution in [0.2, 0.25) is 0 Å². The first kappa shape index (κ1) is 22.5. The number of hydrogen-bond acceptors (Lipinski definition) is 4. The van der Waals surface area contributed by atoms with E-state index in [0.717, 1.165) is 48.6 Å². The summed E-state index contributed by atoms with van der Waals surface area (Å²) < 4.78 is 2.27. The topological polar surface area (TPSA) is 80.0 Å². The van der Waals surface area contributed by atoms with E-state index in [1.807, 2.05) is 26.0 Å². The van der Waals surface area contributed by atoms with Gasteiger partial charge in [0.1, 0.15) is 11.6 Å². The van der Waals surface area contributed by atoms with Gasteiger partial charge in [0, 0.05) is 37.1 Å². The quantitative estimate of drug-likeness (QED) is 0.560. The molecule has 1 heterocycles. The highest BCUT2D eigenvalue weighted by molar-refractivity contribution is 5.92. The molecular weight excluding hydrogens is 376 g/mol. The number of amides is 1. The Morgan fingerprint density at radius 1 is 1.23 bits per heavy atom. The molecule has 1 aromatic heterocycles. The number of carbonyl (C=O) groups excluding carboxylic acids is 1. The number of nitrogens with zero attached hydrogens (tertiary/aromatic N) is 3. The fourth-order valence-electron chi connectivity index (χ4n) is 4.04. The smallest absolute Gasteiger partial charge is 0.225 e. The van der Waals surface area contributed by atoms with Gasteiger partial charge in [0.2, 0.25) is 5.91 Å². The number of benzene rings is 1. The third-order valence-electron chi connectivity index (χ3n) is 5.82. The molecule has 164 valence electrons. The van der Waals surface area contributed by atoms with Crippen LogP contribution in [0.3, 0.4) is 0 Å². The minimum atomic E-state index is -0.132. The predicted octanol–water partition coefficient (Wildman–Crippen LogP) is 4.70.